The molecule has 0 aliphatic carbocycles. The molecule has 168 valence electrons. The number of nitrogens with zero attached hydrogens (tertiary/aromatic N) is 1. The number of hydrogen-bond donors (Lipinski definition) is 6. The number of thioether (sulfide) groups is 1. The van der Waals surface area contributed by atoms with Crippen LogP contribution in [0.25, 0.3) is 0 Å². The molecule has 12 heteroatoms. The van der Waals surface area contributed by atoms with Gasteiger partial charge in [-0.25, -0.2) is 4.98 Å². The molecule has 0 aromatic carbocycles. The number of aliphatic carboxylic acids is 1. The first-order valence-electron chi connectivity index (χ1n) is 9.47. The predicted octanol–water partition coefficient (Wildman–Crippen LogP) is -1.14. The van der Waals surface area contributed by atoms with Gasteiger partial charge < -0.3 is 31.8 Å². The Morgan fingerprint density at radius 3 is 2.43 bits per heavy atom. The minimum atomic E-state index is -1.21. The molecule has 1 aromatic rings. The van der Waals surface area contributed by atoms with Gasteiger partial charge in [-0.3, -0.25) is 19.2 Å². The van der Waals surface area contributed by atoms with Crippen molar-refractivity contribution in [2.24, 2.45) is 11.7 Å². The van der Waals surface area contributed by atoms with Crippen LogP contribution in [0.4, 0.5) is 0 Å². The molecule has 0 radical (unpaired) electrons. The summed E-state index contributed by atoms with van der Waals surface area (Å²) in [6.45, 7) is 2.93. The molecule has 0 saturated heterocycles. The summed E-state index contributed by atoms with van der Waals surface area (Å²) in [5.41, 5.74) is 6.45. The van der Waals surface area contributed by atoms with E-state index in [4.69, 9.17) is 10.8 Å². The van der Waals surface area contributed by atoms with Crippen molar-refractivity contribution in [3.8, 4) is 0 Å². The molecule has 0 saturated carbocycles. The van der Waals surface area contributed by atoms with Crippen molar-refractivity contribution in [1.82, 2.24) is 25.9 Å². The molecule has 0 fully saturated rings. The number of amides is 3. The Kier molecular flexibility index (Phi) is 10.9. The number of hydrogen-bond acceptors (Lipinski definition) is 7. The van der Waals surface area contributed by atoms with E-state index in [2.05, 4.69) is 25.9 Å². The molecule has 7 N–H and O–H groups in total. The fourth-order valence-electron chi connectivity index (χ4n) is 2.54. The van der Waals surface area contributed by atoms with Gasteiger partial charge in [0, 0.05) is 18.3 Å². The number of nitrogens with two attached hydrogens (primary N) is 1. The normalized spacial score (nSPS) is 13.9. The van der Waals surface area contributed by atoms with Gasteiger partial charge in [0.2, 0.25) is 17.7 Å². The predicted molar refractivity (Wildman–Crippen MR) is 113 cm³/mol. The van der Waals surface area contributed by atoms with E-state index in [1.54, 1.807) is 25.6 Å². The Morgan fingerprint density at radius 1 is 1.20 bits per heavy atom. The highest BCUT2D eigenvalue weighted by atomic mass is 32.2. The Bertz CT molecular complexity index is 712. The molecule has 3 atom stereocenters. The average Bonchev–Trinajstić information content (AvgIpc) is 3.20. The van der Waals surface area contributed by atoms with Gasteiger partial charge in [-0.1, -0.05) is 13.8 Å². The molecule has 1 rings (SSSR count). The van der Waals surface area contributed by atoms with E-state index < -0.39 is 48.4 Å². The van der Waals surface area contributed by atoms with E-state index in [9.17, 15) is 19.2 Å². The van der Waals surface area contributed by atoms with Crippen molar-refractivity contribution in [2.75, 3.05) is 18.6 Å². The SMILES string of the molecule is CSCCC(N)C(=O)NC(C(=O)NC(Cc1cnc[nH]1)C(=O)NCC(=O)O)C(C)C. The van der Waals surface area contributed by atoms with Crippen LogP contribution in [0.5, 0.6) is 0 Å². The smallest absolute Gasteiger partial charge is 0.322 e. The quantitative estimate of drug-likeness (QED) is 0.222. The number of carbonyl (C=O) groups excluding carboxylic acids is 3. The minimum absolute atomic E-state index is 0.0726. The number of aromatic nitrogens is 2. The Hall–Kier alpha value is -2.60. The van der Waals surface area contributed by atoms with Gasteiger partial charge in [0.25, 0.3) is 0 Å². The second kappa shape index (κ2) is 12.9. The van der Waals surface area contributed by atoms with E-state index >= 15 is 0 Å². The number of carboxylic acids is 1. The first-order valence-corrected chi connectivity index (χ1v) is 10.9. The van der Waals surface area contributed by atoms with Gasteiger partial charge in [0.1, 0.15) is 18.6 Å². The third-order valence-electron chi connectivity index (χ3n) is 4.24. The minimum Gasteiger partial charge on any atom is -0.480 e. The summed E-state index contributed by atoms with van der Waals surface area (Å²) in [7, 11) is 0. The molecular weight excluding hydrogens is 412 g/mol. The monoisotopic (exact) mass is 442 g/mol. The first-order chi connectivity index (χ1) is 14.1. The molecular formula is C18H30N6O5S. The largest absolute Gasteiger partial charge is 0.480 e. The maximum Gasteiger partial charge on any atom is 0.322 e. The maximum absolute atomic E-state index is 12.8. The van der Waals surface area contributed by atoms with Crippen LogP contribution in [-0.4, -0.2) is 75.4 Å². The van der Waals surface area contributed by atoms with Crippen LogP contribution in [0.3, 0.4) is 0 Å². The average molecular weight is 443 g/mol. The number of aromatic amines is 1. The molecule has 30 heavy (non-hydrogen) atoms. The van der Waals surface area contributed by atoms with Gasteiger partial charge in [-0.05, 0) is 24.3 Å². The van der Waals surface area contributed by atoms with E-state index in [0.717, 1.165) is 0 Å². The summed E-state index contributed by atoms with van der Waals surface area (Å²) in [4.78, 5) is 55.0. The fourth-order valence-corrected chi connectivity index (χ4v) is 3.03. The zero-order valence-electron chi connectivity index (χ0n) is 17.3. The number of rotatable bonds is 13. The Balaban J connectivity index is 2.86. The Morgan fingerprint density at radius 2 is 1.90 bits per heavy atom. The number of nitrogens with one attached hydrogen (secondary N) is 4. The standard InChI is InChI=1S/C18H30N6O5S/c1-10(2)15(24-16(27)12(19)4-5-30-3)18(29)23-13(6-11-7-20-9-22-11)17(28)21-8-14(25)26/h7,9-10,12-13,15H,4-6,8,19H2,1-3H3,(H,20,22)(H,21,28)(H,23,29)(H,24,27)(H,25,26). The van der Waals surface area contributed by atoms with Crippen LogP contribution in [0.1, 0.15) is 26.0 Å². The lowest BCUT2D eigenvalue weighted by Gasteiger charge is -2.26. The van der Waals surface area contributed by atoms with Crippen molar-refractivity contribution in [3.63, 3.8) is 0 Å². The molecule has 11 nitrogen and oxygen atoms in total. The first kappa shape index (κ1) is 25.4. The van der Waals surface area contributed by atoms with Gasteiger partial charge in [-0.2, -0.15) is 11.8 Å². The molecule has 1 heterocycles. The summed E-state index contributed by atoms with van der Waals surface area (Å²) >= 11 is 1.57. The lowest BCUT2D eigenvalue weighted by molar-refractivity contribution is -0.138. The highest BCUT2D eigenvalue weighted by molar-refractivity contribution is 7.98. The van der Waals surface area contributed by atoms with Crippen LogP contribution in [0.15, 0.2) is 12.5 Å². The second-order valence-corrected chi connectivity index (χ2v) is 8.06. The molecule has 3 unspecified atom stereocenters. The lowest BCUT2D eigenvalue weighted by Crippen LogP contribution is -2.58. The van der Waals surface area contributed by atoms with E-state index in [1.807, 2.05) is 6.26 Å². The van der Waals surface area contributed by atoms with E-state index in [0.29, 0.717) is 17.9 Å². The van der Waals surface area contributed by atoms with Crippen LogP contribution in [-0.2, 0) is 25.6 Å². The molecule has 0 aliphatic rings. The van der Waals surface area contributed by atoms with Crippen LogP contribution in [0, 0.1) is 5.92 Å². The molecule has 3 amide bonds. The summed E-state index contributed by atoms with van der Waals surface area (Å²) in [5, 5.41) is 16.3. The third kappa shape index (κ3) is 8.82. The number of carboxylic acid groups (broad SMARTS) is 1. The lowest BCUT2D eigenvalue weighted by atomic mass is 10.0. The highest BCUT2D eigenvalue weighted by Gasteiger charge is 2.30. The zero-order chi connectivity index (χ0) is 22.7. The van der Waals surface area contributed by atoms with Crippen molar-refractivity contribution >= 4 is 35.5 Å². The summed E-state index contributed by atoms with van der Waals surface area (Å²) in [6.07, 6.45) is 5.37. The van der Waals surface area contributed by atoms with Crippen molar-refractivity contribution in [3.05, 3.63) is 18.2 Å². The summed E-state index contributed by atoms with van der Waals surface area (Å²) in [5.74, 6) is -2.43. The van der Waals surface area contributed by atoms with Gasteiger partial charge in [-0.15, -0.1) is 0 Å². The maximum atomic E-state index is 12.8. The van der Waals surface area contributed by atoms with Gasteiger partial charge in [0.05, 0.1) is 12.4 Å². The molecule has 0 aliphatic heterocycles. The highest BCUT2D eigenvalue weighted by Crippen LogP contribution is 2.06. The topological polar surface area (TPSA) is 179 Å². The third-order valence-corrected chi connectivity index (χ3v) is 4.89. The Labute approximate surface area is 179 Å². The van der Waals surface area contributed by atoms with Gasteiger partial charge >= 0.3 is 5.97 Å². The van der Waals surface area contributed by atoms with Crippen molar-refractivity contribution < 1.29 is 24.3 Å². The van der Waals surface area contributed by atoms with Gasteiger partial charge in [0.15, 0.2) is 0 Å². The van der Waals surface area contributed by atoms with Crippen LogP contribution < -0.4 is 21.7 Å². The van der Waals surface area contributed by atoms with E-state index in [-0.39, 0.29) is 12.3 Å². The summed E-state index contributed by atoms with van der Waals surface area (Å²) < 4.78 is 0. The molecule has 1 aromatic heterocycles. The van der Waals surface area contributed by atoms with Crippen molar-refractivity contribution in [1.29, 1.82) is 0 Å². The number of imidazole rings is 1. The van der Waals surface area contributed by atoms with E-state index in [1.165, 1.54) is 12.5 Å². The molecule has 0 bridgehead atoms. The molecule has 0 spiro atoms. The second-order valence-electron chi connectivity index (χ2n) is 7.07. The van der Waals surface area contributed by atoms with Crippen LogP contribution in [0.2, 0.25) is 0 Å². The number of H-pyrrole nitrogens is 1. The fraction of sp³-hybridized carbons (Fsp3) is 0.611. The van der Waals surface area contributed by atoms with Crippen LogP contribution >= 0.6 is 11.8 Å². The number of carbonyl (C=O) groups is 4. The van der Waals surface area contributed by atoms with Crippen molar-refractivity contribution in [2.45, 2.75) is 44.8 Å². The summed E-state index contributed by atoms with van der Waals surface area (Å²) in [6, 6.07) is -2.71. The zero-order valence-corrected chi connectivity index (χ0v) is 18.1.